The van der Waals surface area contributed by atoms with Crippen LogP contribution in [0.3, 0.4) is 0 Å². The van der Waals surface area contributed by atoms with Crippen LogP contribution in [-0.2, 0) is 11.3 Å². The molecule has 4 heteroatoms. The summed E-state index contributed by atoms with van der Waals surface area (Å²) in [5.41, 5.74) is 1.78. The maximum absolute atomic E-state index is 11.1. The maximum atomic E-state index is 11.1. The zero-order valence-electron chi connectivity index (χ0n) is 12.1. The molecule has 1 heterocycles. The fraction of sp³-hybridized carbons (Fsp3) is 0.375. The summed E-state index contributed by atoms with van der Waals surface area (Å²) in [6.07, 6.45) is 1.77. The Morgan fingerprint density at radius 2 is 1.95 bits per heavy atom. The molecular formula is C16H20N2O2. The lowest BCUT2D eigenvalue weighted by atomic mass is 10.0. The third-order valence-corrected chi connectivity index (χ3v) is 3.35. The molecule has 0 atom stereocenters. The van der Waals surface area contributed by atoms with E-state index in [-0.39, 0.29) is 12.1 Å². The number of hydrogen-bond acceptors (Lipinski definition) is 3. The summed E-state index contributed by atoms with van der Waals surface area (Å²) >= 11 is 0. The topological polar surface area (TPSA) is 53.4 Å². The Morgan fingerprint density at radius 3 is 2.60 bits per heavy atom. The van der Waals surface area contributed by atoms with Crippen LogP contribution in [0, 0.1) is 0 Å². The van der Waals surface area contributed by atoms with Gasteiger partial charge in [0.2, 0.25) is 0 Å². The van der Waals surface area contributed by atoms with Crippen molar-refractivity contribution in [2.45, 2.75) is 32.9 Å². The summed E-state index contributed by atoms with van der Waals surface area (Å²) < 4.78 is 0. The SMILES string of the molecule is CC(C)(C)N(CC(=O)O)Cc1cccc2cccnc12. The van der Waals surface area contributed by atoms with E-state index in [2.05, 4.69) is 4.98 Å². The summed E-state index contributed by atoms with van der Waals surface area (Å²) in [4.78, 5) is 17.4. The maximum Gasteiger partial charge on any atom is 0.317 e. The number of hydrogen-bond donors (Lipinski definition) is 1. The molecule has 1 aromatic heterocycles. The molecule has 20 heavy (non-hydrogen) atoms. The van der Waals surface area contributed by atoms with Crippen LogP contribution in [0.5, 0.6) is 0 Å². The van der Waals surface area contributed by atoms with Crippen LogP contribution in [0.15, 0.2) is 36.5 Å². The summed E-state index contributed by atoms with van der Waals surface area (Å²) in [7, 11) is 0. The van der Waals surface area contributed by atoms with Gasteiger partial charge in [-0.3, -0.25) is 14.7 Å². The van der Waals surface area contributed by atoms with Gasteiger partial charge < -0.3 is 5.11 Å². The minimum Gasteiger partial charge on any atom is -0.480 e. The third kappa shape index (κ3) is 3.33. The van der Waals surface area contributed by atoms with Gasteiger partial charge in [0, 0.05) is 23.7 Å². The van der Waals surface area contributed by atoms with Gasteiger partial charge in [0.15, 0.2) is 0 Å². The van der Waals surface area contributed by atoms with Crippen molar-refractivity contribution in [1.29, 1.82) is 0 Å². The average Bonchev–Trinajstić information content (AvgIpc) is 2.37. The molecule has 0 unspecified atom stereocenters. The predicted molar refractivity (Wildman–Crippen MR) is 79.5 cm³/mol. The van der Waals surface area contributed by atoms with E-state index in [4.69, 9.17) is 5.11 Å². The van der Waals surface area contributed by atoms with Gasteiger partial charge in [-0.2, -0.15) is 0 Å². The average molecular weight is 272 g/mol. The number of benzene rings is 1. The van der Waals surface area contributed by atoms with E-state index in [1.165, 1.54) is 0 Å². The highest BCUT2D eigenvalue weighted by Crippen LogP contribution is 2.21. The number of carboxylic acids is 1. The number of nitrogens with zero attached hydrogens (tertiary/aromatic N) is 2. The van der Waals surface area contributed by atoms with Crippen molar-refractivity contribution >= 4 is 16.9 Å². The largest absolute Gasteiger partial charge is 0.480 e. The first-order valence-corrected chi connectivity index (χ1v) is 6.67. The smallest absolute Gasteiger partial charge is 0.317 e. The monoisotopic (exact) mass is 272 g/mol. The normalized spacial score (nSPS) is 12.0. The van der Waals surface area contributed by atoms with E-state index >= 15 is 0 Å². The van der Waals surface area contributed by atoms with E-state index in [1.54, 1.807) is 6.20 Å². The molecule has 1 aromatic carbocycles. The lowest BCUT2D eigenvalue weighted by Crippen LogP contribution is -2.43. The van der Waals surface area contributed by atoms with E-state index in [1.807, 2.05) is 56.0 Å². The van der Waals surface area contributed by atoms with Crippen LogP contribution < -0.4 is 0 Å². The molecule has 2 aromatic rings. The minimum absolute atomic E-state index is 0.0206. The molecular weight excluding hydrogens is 252 g/mol. The van der Waals surface area contributed by atoms with Crippen molar-refractivity contribution in [3.05, 3.63) is 42.1 Å². The van der Waals surface area contributed by atoms with Gasteiger partial charge in [0.1, 0.15) is 0 Å². The quantitative estimate of drug-likeness (QED) is 0.929. The van der Waals surface area contributed by atoms with E-state index in [0.717, 1.165) is 16.5 Å². The number of rotatable bonds is 4. The zero-order valence-corrected chi connectivity index (χ0v) is 12.1. The Morgan fingerprint density at radius 1 is 1.25 bits per heavy atom. The van der Waals surface area contributed by atoms with Crippen molar-refractivity contribution < 1.29 is 9.90 Å². The van der Waals surface area contributed by atoms with Crippen molar-refractivity contribution in [3.8, 4) is 0 Å². The summed E-state index contributed by atoms with van der Waals surface area (Å²) in [6.45, 7) is 6.66. The predicted octanol–water partition coefficient (Wildman–Crippen LogP) is 2.92. The number of para-hydroxylation sites is 1. The van der Waals surface area contributed by atoms with Crippen LogP contribution in [0.25, 0.3) is 10.9 Å². The number of carboxylic acid groups (broad SMARTS) is 1. The Balaban J connectivity index is 2.36. The highest BCUT2D eigenvalue weighted by atomic mass is 16.4. The highest BCUT2D eigenvalue weighted by molar-refractivity contribution is 5.81. The Labute approximate surface area is 119 Å². The molecule has 0 saturated carbocycles. The van der Waals surface area contributed by atoms with E-state index < -0.39 is 5.97 Å². The Bertz CT molecular complexity index is 612. The second-order valence-corrected chi connectivity index (χ2v) is 5.91. The summed E-state index contributed by atoms with van der Waals surface area (Å²) in [6, 6.07) is 9.94. The molecule has 0 spiro atoms. The standard InChI is InChI=1S/C16H20N2O2/c1-16(2,3)18(11-14(19)20)10-13-7-4-6-12-8-5-9-17-15(12)13/h4-9H,10-11H2,1-3H3,(H,19,20). The van der Waals surface area contributed by atoms with Gasteiger partial charge in [-0.15, -0.1) is 0 Å². The number of aliphatic carboxylic acids is 1. The molecule has 0 radical (unpaired) electrons. The van der Waals surface area contributed by atoms with Gasteiger partial charge in [0.05, 0.1) is 12.1 Å². The van der Waals surface area contributed by atoms with Crippen molar-refractivity contribution in [2.24, 2.45) is 0 Å². The van der Waals surface area contributed by atoms with Crippen LogP contribution >= 0.6 is 0 Å². The Kier molecular flexibility index (Phi) is 4.04. The first-order valence-electron chi connectivity index (χ1n) is 6.67. The number of pyridine rings is 1. The van der Waals surface area contributed by atoms with Gasteiger partial charge >= 0.3 is 5.97 Å². The van der Waals surface area contributed by atoms with Crippen molar-refractivity contribution in [3.63, 3.8) is 0 Å². The molecule has 0 aliphatic heterocycles. The minimum atomic E-state index is -0.812. The zero-order chi connectivity index (χ0) is 14.8. The van der Waals surface area contributed by atoms with E-state index in [0.29, 0.717) is 6.54 Å². The second-order valence-electron chi connectivity index (χ2n) is 5.91. The van der Waals surface area contributed by atoms with Gasteiger partial charge in [0.25, 0.3) is 0 Å². The van der Waals surface area contributed by atoms with Gasteiger partial charge in [-0.05, 0) is 32.4 Å². The van der Waals surface area contributed by atoms with Crippen LogP contribution in [0.4, 0.5) is 0 Å². The molecule has 0 saturated heterocycles. The summed E-state index contributed by atoms with van der Waals surface area (Å²) in [5, 5.41) is 10.2. The first kappa shape index (κ1) is 14.5. The number of fused-ring (bicyclic) bond motifs is 1. The molecule has 0 fully saturated rings. The van der Waals surface area contributed by atoms with Crippen LogP contribution in [-0.4, -0.2) is 33.0 Å². The molecule has 4 nitrogen and oxygen atoms in total. The third-order valence-electron chi connectivity index (χ3n) is 3.35. The van der Waals surface area contributed by atoms with Gasteiger partial charge in [-0.1, -0.05) is 24.3 Å². The lowest BCUT2D eigenvalue weighted by Gasteiger charge is -2.34. The van der Waals surface area contributed by atoms with Crippen molar-refractivity contribution in [2.75, 3.05) is 6.54 Å². The molecule has 0 amide bonds. The Hall–Kier alpha value is -1.94. The molecule has 0 bridgehead atoms. The number of aromatic nitrogens is 1. The second kappa shape index (κ2) is 5.59. The fourth-order valence-electron chi connectivity index (χ4n) is 2.19. The molecule has 1 N–H and O–H groups in total. The fourth-order valence-corrected chi connectivity index (χ4v) is 2.19. The van der Waals surface area contributed by atoms with Crippen molar-refractivity contribution in [1.82, 2.24) is 9.88 Å². The molecule has 0 aliphatic rings. The molecule has 106 valence electrons. The van der Waals surface area contributed by atoms with Crippen LogP contribution in [0.2, 0.25) is 0 Å². The molecule has 2 rings (SSSR count). The lowest BCUT2D eigenvalue weighted by molar-refractivity contribution is -0.139. The van der Waals surface area contributed by atoms with Gasteiger partial charge in [-0.25, -0.2) is 0 Å². The van der Waals surface area contributed by atoms with Crippen LogP contribution in [0.1, 0.15) is 26.3 Å². The number of carbonyl (C=O) groups is 1. The highest BCUT2D eigenvalue weighted by Gasteiger charge is 2.24. The van der Waals surface area contributed by atoms with E-state index in [9.17, 15) is 4.79 Å². The first-order chi connectivity index (χ1) is 9.38. The summed E-state index contributed by atoms with van der Waals surface area (Å²) in [5.74, 6) is -0.812. The molecule has 0 aliphatic carbocycles.